The van der Waals surface area contributed by atoms with Crippen LogP contribution in [0, 0.1) is 5.82 Å². The summed E-state index contributed by atoms with van der Waals surface area (Å²) >= 11 is 0. The van der Waals surface area contributed by atoms with Gasteiger partial charge in [0.25, 0.3) is 0 Å². The molecule has 1 N–H and O–H groups in total. The number of methoxy groups -OCH3 is 2. The summed E-state index contributed by atoms with van der Waals surface area (Å²) < 4.78 is 29.3. The van der Waals surface area contributed by atoms with Crippen LogP contribution in [0.2, 0.25) is 0 Å². The molecule has 0 aromatic heterocycles. The van der Waals surface area contributed by atoms with Crippen molar-refractivity contribution in [2.45, 2.75) is 6.04 Å². The van der Waals surface area contributed by atoms with Gasteiger partial charge >= 0.3 is 0 Å². The Morgan fingerprint density at radius 2 is 1.83 bits per heavy atom. The fourth-order valence-electron chi connectivity index (χ4n) is 3.42. The van der Waals surface area contributed by atoms with Crippen molar-refractivity contribution in [3.8, 4) is 11.5 Å². The quantitative estimate of drug-likeness (QED) is 0.673. The van der Waals surface area contributed by atoms with Crippen LogP contribution < -0.4 is 14.8 Å². The van der Waals surface area contributed by atoms with E-state index in [1.54, 1.807) is 44.6 Å². The Morgan fingerprint density at radius 3 is 2.50 bits per heavy atom. The second-order valence-corrected chi connectivity index (χ2v) is 6.91. The molecule has 3 rings (SSSR count). The molecule has 1 atom stereocenters. The van der Waals surface area contributed by atoms with Gasteiger partial charge in [-0.05, 0) is 41.5 Å². The second kappa shape index (κ2) is 10.8. The topological polar surface area (TPSA) is 60.0 Å². The first-order chi connectivity index (χ1) is 14.6. The van der Waals surface area contributed by atoms with Crippen LogP contribution in [0.15, 0.2) is 48.5 Å². The van der Waals surface area contributed by atoms with Gasteiger partial charge in [-0.25, -0.2) is 4.39 Å². The average Bonchev–Trinajstić information content (AvgIpc) is 2.79. The molecule has 1 aliphatic rings. The lowest BCUT2D eigenvalue weighted by Gasteiger charge is -2.34. The van der Waals surface area contributed by atoms with E-state index in [0.29, 0.717) is 31.3 Å². The smallest absolute Gasteiger partial charge is 0.244 e. The molecule has 2 aromatic rings. The molecule has 1 amide bonds. The molecule has 1 saturated heterocycles. The molecule has 7 heteroatoms. The molecular formula is C23H27FN2O4. The first kappa shape index (κ1) is 21.8. The van der Waals surface area contributed by atoms with E-state index in [1.807, 2.05) is 6.07 Å². The van der Waals surface area contributed by atoms with E-state index < -0.39 is 0 Å². The highest BCUT2D eigenvalue weighted by atomic mass is 19.1. The maximum atomic E-state index is 13.3. The fourth-order valence-corrected chi connectivity index (χ4v) is 3.42. The average molecular weight is 414 g/mol. The number of carbonyl (C=O) groups excluding carboxylic acids is 1. The Labute approximate surface area is 176 Å². The number of morpholine rings is 1. The van der Waals surface area contributed by atoms with E-state index in [0.717, 1.165) is 24.2 Å². The highest BCUT2D eigenvalue weighted by molar-refractivity contribution is 5.91. The number of halogens is 1. The van der Waals surface area contributed by atoms with Crippen molar-refractivity contribution < 1.29 is 23.4 Å². The lowest BCUT2D eigenvalue weighted by molar-refractivity contribution is -0.116. The van der Waals surface area contributed by atoms with Crippen molar-refractivity contribution in [3.63, 3.8) is 0 Å². The third-order valence-electron chi connectivity index (χ3n) is 5.05. The van der Waals surface area contributed by atoms with Crippen LogP contribution >= 0.6 is 0 Å². The van der Waals surface area contributed by atoms with E-state index in [2.05, 4.69) is 10.2 Å². The second-order valence-electron chi connectivity index (χ2n) is 6.91. The molecule has 0 aliphatic carbocycles. The number of benzene rings is 2. The van der Waals surface area contributed by atoms with Crippen molar-refractivity contribution in [3.05, 3.63) is 65.5 Å². The number of amides is 1. The summed E-state index contributed by atoms with van der Waals surface area (Å²) in [5.41, 5.74) is 1.79. The van der Waals surface area contributed by atoms with Crippen molar-refractivity contribution in [2.75, 3.05) is 47.1 Å². The predicted molar refractivity (Wildman–Crippen MR) is 113 cm³/mol. The van der Waals surface area contributed by atoms with Crippen molar-refractivity contribution >= 4 is 12.0 Å². The van der Waals surface area contributed by atoms with Crippen LogP contribution in [0.3, 0.4) is 0 Å². The highest BCUT2D eigenvalue weighted by Crippen LogP contribution is 2.28. The maximum Gasteiger partial charge on any atom is 0.244 e. The lowest BCUT2D eigenvalue weighted by Crippen LogP contribution is -2.43. The molecule has 1 unspecified atom stereocenters. The van der Waals surface area contributed by atoms with Crippen LogP contribution in [0.5, 0.6) is 11.5 Å². The van der Waals surface area contributed by atoms with Crippen LogP contribution in [0.25, 0.3) is 6.08 Å². The van der Waals surface area contributed by atoms with Gasteiger partial charge < -0.3 is 19.5 Å². The van der Waals surface area contributed by atoms with E-state index in [4.69, 9.17) is 14.2 Å². The van der Waals surface area contributed by atoms with Gasteiger partial charge in [0.2, 0.25) is 5.91 Å². The SMILES string of the molecule is COc1ccc(/C=C/C(=O)NCC(c2ccc(F)cc2)N2CCOCC2)cc1OC. The molecule has 0 bridgehead atoms. The van der Waals surface area contributed by atoms with Crippen LogP contribution in [0.4, 0.5) is 4.39 Å². The third kappa shape index (κ3) is 5.81. The molecule has 6 nitrogen and oxygen atoms in total. The number of hydrogen-bond donors (Lipinski definition) is 1. The molecule has 0 spiro atoms. The van der Waals surface area contributed by atoms with Gasteiger partial charge in [0.05, 0.1) is 33.5 Å². The molecule has 30 heavy (non-hydrogen) atoms. The summed E-state index contributed by atoms with van der Waals surface area (Å²) in [7, 11) is 3.14. The number of nitrogens with zero attached hydrogens (tertiary/aromatic N) is 1. The maximum absolute atomic E-state index is 13.3. The Kier molecular flexibility index (Phi) is 7.82. The summed E-state index contributed by atoms with van der Waals surface area (Å²) in [6, 6.07) is 11.8. The number of rotatable bonds is 8. The summed E-state index contributed by atoms with van der Waals surface area (Å²) in [4.78, 5) is 14.7. The number of nitrogens with one attached hydrogen (secondary N) is 1. The molecule has 0 radical (unpaired) electrons. The lowest BCUT2D eigenvalue weighted by atomic mass is 10.0. The summed E-state index contributed by atoms with van der Waals surface area (Å²) in [5, 5.41) is 2.96. The minimum Gasteiger partial charge on any atom is -0.493 e. The number of hydrogen-bond acceptors (Lipinski definition) is 5. The van der Waals surface area contributed by atoms with E-state index >= 15 is 0 Å². The Bertz CT molecular complexity index is 864. The first-order valence-electron chi connectivity index (χ1n) is 9.86. The minimum atomic E-state index is -0.277. The summed E-state index contributed by atoms with van der Waals surface area (Å²) in [6.45, 7) is 3.23. The van der Waals surface area contributed by atoms with E-state index in [-0.39, 0.29) is 17.8 Å². The minimum absolute atomic E-state index is 0.0482. The monoisotopic (exact) mass is 414 g/mol. The molecule has 1 aliphatic heterocycles. The zero-order valence-electron chi connectivity index (χ0n) is 17.3. The first-order valence-corrected chi connectivity index (χ1v) is 9.86. The van der Waals surface area contributed by atoms with Gasteiger partial charge in [-0.2, -0.15) is 0 Å². The Hall–Kier alpha value is -2.90. The molecular weight excluding hydrogens is 387 g/mol. The number of carbonyl (C=O) groups is 1. The van der Waals surface area contributed by atoms with Gasteiger partial charge in [-0.1, -0.05) is 18.2 Å². The normalized spacial score (nSPS) is 15.7. The molecule has 160 valence electrons. The zero-order chi connectivity index (χ0) is 21.3. The Balaban J connectivity index is 1.65. The third-order valence-corrected chi connectivity index (χ3v) is 5.05. The summed E-state index contributed by atoms with van der Waals surface area (Å²) in [6.07, 6.45) is 3.21. The van der Waals surface area contributed by atoms with Crippen molar-refractivity contribution in [1.82, 2.24) is 10.2 Å². The fraction of sp³-hybridized carbons (Fsp3) is 0.348. The highest BCUT2D eigenvalue weighted by Gasteiger charge is 2.23. The standard InChI is InChI=1S/C23H27FN2O4/c1-28-21-9-3-17(15-22(21)29-2)4-10-23(27)25-16-20(26-11-13-30-14-12-26)18-5-7-19(24)8-6-18/h3-10,15,20H,11-14,16H2,1-2H3,(H,25,27)/b10-4+. The van der Waals surface area contributed by atoms with Gasteiger partial charge in [0, 0.05) is 25.7 Å². The predicted octanol–water partition coefficient (Wildman–Crippen LogP) is 3.05. The Morgan fingerprint density at radius 1 is 1.13 bits per heavy atom. The van der Waals surface area contributed by atoms with Gasteiger partial charge in [0.1, 0.15) is 5.82 Å². The largest absolute Gasteiger partial charge is 0.493 e. The molecule has 1 heterocycles. The van der Waals surface area contributed by atoms with Crippen LogP contribution in [-0.2, 0) is 9.53 Å². The zero-order valence-corrected chi connectivity index (χ0v) is 17.3. The molecule has 0 saturated carbocycles. The van der Waals surface area contributed by atoms with E-state index in [1.165, 1.54) is 18.2 Å². The van der Waals surface area contributed by atoms with Gasteiger partial charge in [-0.3, -0.25) is 9.69 Å². The summed E-state index contributed by atoms with van der Waals surface area (Å²) in [5.74, 6) is 0.752. The number of ether oxygens (including phenoxy) is 3. The van der Waals surface area contributed by atoms with Crippen LogP contribution in [0.1, 0.15) is 17.2 Å². The van der Waals surface area contributed by atoms with Crippen molar-refractivity contribution in [1.29, 1.82) is 0 Å². The molecule has 2 aromatic carbocycles. The van der Waals surface area contributed by atoms with Crippen LogP contribution in [-0.4, -0.2) is 57.9 Å². The van der Waals surface area contributed by atoms with Gasteiger partial charge in [-0.15, -0.1) is 0 Å². The van der Waals surface area contributed by atoms with Gasteiger partial charge in [0.15, 0.2) is 11.5 Å². The van der Waals surface area contributed by atoms with E-state index in [9.17, 15) is 9.18 Å². The molecule has 1 fully saturated rings. The van der Waals surface area contributed by atoms with Crippen molar-refractivity contribution in [2.24, 2.45) is 0 Å².